The topological polar surface area (TPSA) is 55.4 Å². The lowest BCUT2D eigenvalue weighted by Gasteiger charge is -2.10. The van der Waals surface area contributed by atoms with Crippen LogP contribution in [0.3, 0.4) is 0 Å². The van der Waals surface area contributed by atoms with Crippen LogP contribution < -0.4 is 9.46 Å². The molecule has 0 aliphatic rings. The van der Waals surface area contributed by atoms with Crippen LogP contribution >= 0.6 is 11.6 Å². The molecule has 0 saturated carbocycles. The van der Waals surface area contributed by atoms with Crippen LogP contribution in [0.5, 0.6) is 5.75 Å². The molecule has 7 heteroatoms. The normalized spacial score (nSPS) is 11.2. The van der Waals surface area contributed by atoms with Crippen molar-refractivity contribution in [3.8, 4) is 5.75 Å². The molecule has 0 amide bonds. The number of benzene rings is 2. The Bertz CT molecular complexity index is 732. The zero-order valence-electron chi connectivity index (χ0n) is 11.1. The summed E-state index contributed by atoms with van der Waals surface area (Å²) in [7, 11) is -3.79. The van der Waals surface area contributed by atoms with Gasteiger partial charge in [-0.25, -0.2) is 12.8 Å². The van der Waals surface area contributed by atoms with E-state index in [-0.39, 0.29) is 15.6 Å². The Hall–Kier alpha value is -1.79. The van der Waals surface area contributed by atoms with E-state index in [9.17, 15) is 12.8 Å². The maximum absolute atomic E-state index is 12.9. The maximum Gasteiger partial charge on any atom is 0.261 e. The molecule has 2 aromatic carbocycles. The van der Waals surface area contributed by atoms with E-state index in [1.807, 2.05) is 6.92 Å². The number of rotatable bonds is 5. The van der Waals surface area contributed by atoms with Crippen LogP contribution in [0.4, 0.5) is 10.1 Å². The van der Waals surface area contributed by atoms with Gasteiger partial charge in [0.15, 0.2) is 0 Å². The predicted octanol–water partition coefficient (Wildman–Crippen LogP) is 3.68. The van der Waals surface area contributed by atoms with Crippen molar-refractivity contribution in [3.05, 3.63) is 53.3 Å². The fourth-order valence-corrected chi connectivity index (χ4v) is 3.01. The first-order valence-corrected chi connectivity index (χ1v) is 7.99. The summed E-state index contributed by atoms with van der Waals surface area (Å²) in [5.41, 5.74) is 0.118. The summed E-state index contributed by atoms with van der Waals surface area (Å²) in [6.45, 7) is 2.33. The molecule has 0 atom stereocenters. The smallest absolute Gasteiger partial charge is 0.261 e. The fraction of sp³-hybridized carbons (Fsp3) is 0.143. The largest absolute Gasteiger partial charge is 0.494 e. The van der Waals surface area contributed by atoms with Crippen molar-refractivity contribution in [2.75, 3.05) is 11.3 Å². The van der Waals surface area contributed by atoms with Gasteiger partial charge in [-0.2, -0.15) is 0 Å². The van der Waals surface area contributed by atoms with Crippen LogP contribution in [0.25, 0.3) is 0 Å². The van der Waals surface area contributed by atoms with Gasteiger partial charge >= 0.3 is 0 Å². The summed E-state index contributed by atoms with van der Waals surface area (Å²) >= 11 is 5.80. The second-order valence-corrected chi connectivity index (χ2v) is 6.22. The van der Waals surface area contributed by atoms with E-state index in [0.717, 1.165) is 12.1 Å². The van der Waals surface area contributed by atoms with Crippen LogP contribution in [0.2, 0.25) is 5.02 Å². The molecule has 0 unspecified atom stereocenters. The first-order chi connectivity index (χ1) is 9.92. The van der Waals surface area contributed by atoms with Crippen LogP contribution in [0.15, 0.2) is 47.4 Å². The number of hydrogen-bond acceptors (Lipinski definition) is 3. The van der Waals surface area contributed by atoms with E-state index >= 15 is 0 Å². The zero-order valence-corrected chi connectivity index (χ0v) is 12.7. The Balaban J connectivity index is 2.25. The van der Waals surface area contributed by atoms with Crippen LogP contribution in [0, 0.1) is 5.82 Å². The minimum Gasteiger partial charge on any atom is -0.494 e. The second-order valence-electron chi connectivity index (χ2n) is 4.13. The summed E-state index contributed by atoms with van der Waals surface area (Å²) in [5, 5.41) is -0.00971. The standard InChI is InChI=1S/C14H13ClFNO3S/c1-2-20-11-4-6-12(7-5-11)21(18,19)17-14-8-3-10(16)9-13(14)15/h3-9,17H,2H2,1H3. The highest BCUT2D eigenvalue weighted by atomic mass is 35.5. The van der Waals surface area contributed by atoms with Gasteiger partial charge < -0.3 is 4.74 Å². The molecule has 0 aliphatic carbocycles. The lowest BCUT2D eigenvalue weighted by molar-refractivity contribution is 0.340. The van der Waals surface area contributed by atoms with E-state index in [0.29, 0.717) is 12.4 Å². The van der Waals surface area contributed by atoms with Crippen molar-refractivity contribution in [3.63, 3.8) is 0 Å². The highest BCUT2D eigenvalue weighted by Crippen LogP contribution is 2.26. The molecule has 2 aromatic rings. The van der Waals surface area contributed by atoms with Crippen LogP contribution in [-0.2, 0) is 10.0 Å². The molecule has 0 aromatic heterocycles. The van der Waals surface area contributed by atoms with E-state index in [4.69, 9.17) is 16.3 Å². The Morgan fingerprint density at radius 1 is 1.19 bits per heavy atom. The van der Waals surface area contributed by atoms with Gasteiger partial charge in [-0.15, -0.1) is 0 Å². The molecule has 112 valence electrons. The summed E-state index contributed by atoms with van der Waals surface area (Å²) < 4.78 is 44.9. The van der Waals surface area contributed by atoms with Gasteiger partial charge in [-0.3, -0.25) is 4.72 Å². The average Bonchev–Trinajstić information content (AvgIpc) is 2.43. The van der Waals surface area contributed by atoms with Gasteiger partial charge in [0.25, 0.3) is 10.0 Å². The molecule has 2 rings (SSSR count). The molecule has 4 nitrogen and oxygen atoms in total. The molecule has 0 spiro atoms. The number of nitrogens with one attached hydrogen (secondary N) is 1. The number of sulfonamides is 1. The molecular formula is C14H13ClFNO3S. The van der Waals surface area contributed by atoms with Crippen molar-refractivity contribution >= 4 is 27.3 Å². The zero-order chi connectivity index (χ0) is 15.5. The predicted molar refractivity (Wildman–Crippen MR) is 79.8 cm³/mol. The van der Waals surface area contributed by atoms with E-state index < -0.39 is 15.8 Å². The highest BCUT2D eigenvalue weighted by molar-refractivity contribution is 7.92. The second kappa shape index (κ2) is 6.32. The molecule has 0 radical (unpaired) electrons. The molecular weight excluding hydrogens is 317 g/mol. The van der Waals surface area contributed by atoms with Crippen molar-refractivity contribution in [2.24, 2.45) is 0 Å². The van der Waals surface area contributed by atoms with Crippen molar-refractivity contribution in [1.82, 2.24) is 0 Å². The first kappa shape index (κ1) is 15.6. The first-order valence-electron chi connectivity index (χ1n) is 6.13. The van der Waals surface area contributed by atoms with Crippen molar-refractivity contribution in [1.29, 1.82) is 0 Å². The third-order valence-electron chi connectivity index (χ3n) is 2.62. The molecule has 0 bridgehead atoms. The molecule has 0 saturated heterocycles. The molecule has 0 aliphatic heterocycles. The van der Waals surface area contributed by atoms with Gasteiger partial charge in [-0.05, 0) is 49.4 Å². The van der Waals surface area contributed by atoms with E-state index in [2.05, 4.69) is 4.72 Å². The van der Waals surface area contributed by atoms with Crippen LogP contribution in [0.1, 0.15) is 6.92 Å². The van der Waals surface area contributed by atoms with E-state index in [1.165, 1.54) is 18.2 Å². The van der Waals surface area contributed by atoms with Gasteiger partial charge in [0.1, 0.15) is 11.6 Å². The molecule has 0 fully saturated rings. The maximum atomic E-state index is 12.9. The Morgan fingerprint density at radius 2 is 1.86 bits per heavy atom. The average molecular weight is 330 g/mol. The third-order valence-corrected chi connectivity index (χ3v) is 4.31. The van der Waals surface area contributed by atoms with Gasteiger partial charge in [0, 0.05) is 0 Å². The van der Waals surface area contributed by atoms with Crippen molar-refractivity contribution in [2.45, 2.75) is 11.8 Å². The van der Waals surface area contributed by atoms with Gasteiger partial charge in [0.2, 0.25) is 0 Å². The molecule has 21 heavy (non-hydrogen) atoms. The fourth-order valence-electron chi connectivity index (χ4n) is 1.66. The Kier molecular flexibility index (Phi) is 4.69. The SMILES string of the molecule is CCOc1ccc(S(=O)(=O)Nc2ccc(F)cc2Cl)cc1. The summed E-state index contributed by atoms with van der Waals surface area (Å²) in [4.78, 5) is 0.0614. The third kappa shape index (κ3) is 3.86. The minimum absolute atomic E-state index is 0.00971. The number of ether oxygens (including phenoxy) is 1. The van der Waals surface area contributed by atoms with Gasteiger partial charge in [-0.1, -0.05) is 11.6 Å². The monoisotopic (exact) mass is 329 g/mol. The lowest BCUT2D eigenvalue weighted by Crippen LogP contribution is -2.13. The van der Waals surface area contributed by atoms with Gasteiger partial charge in [0.05, 0.1) is 22.2 Å². The summed E-state index contributed by atoms with van der Waals surface area (Å²) in [6, 6.07) is 9.40. The Morgan fingerprint density at radius 3 is 2.43 bits per heavy atom. The lowest BCUT2D eigenvalue weighted by atomic mass is 10.3. The van der Waals surface area contributed by atoms with Crippen LogP contribution in [-0.4, -0.2) is 15.0 Å². The summed E-state index contributed by atoms with van der Waals surface area (Å²) in [6.07, 6.45) is 0. The number of anilines is 1. The summed E-state index contributed by atoms with van der Waals surface area (Å²) in [5.74, 6) is 0.0419. The Labute approximate surface area is 127 Å². The quantitative estimate of drug-likeness (QED) is 0.910. The molecule has 1 N–H and O–H groups in total. The van der Waals surface area contributed by atoms with E-state index in [1.54, 1.807) is 12.1 Å². The number of hydrogen-bond donors (Lipinski definition) is 1. The molecule has 0 heterocycles. The number of halogens is 2. The van der Waals surface area contributed by atoms with Crippen molar-refractivity contribution < 1.29 is 17.5 Å². The minimum atomic E-state index is -3.79. The highest BCUT2D eigenvalue weighted by Gasteiger charge is 2.16.